The minimum absolute atomic E-state index is 0.0138. The fraction of sp³-hybridized carbons (Fsp3) is 0.261. The average molecular weight is 462 g/mol. The number of aromatic hydroxyl groups is 1. The van der Waals surface area contributed by atoms with Crippen LogP contribution in [0.25, 0.3) is 0 Å². The molecule has 2 aromatic rings. The van der Waals surface area contributed by atoms with E-state index in [9.17, 15) is 19.2 Å². The van der Waals surface area contributed by atoms with Gasteiger partial charge in [-0.15, -0.1) is 0 Å². The second-order valence-corrected chi connectivity index (χ2v) is 6.43. The zero-order valence-electron chi connectivity index (χ0n) is 18.2. The van der Waals surface area contributed by atoms with Crippen molar-refractivity contribution in [2.24, 2.45) is 0 Å². The number of carboxylic acid groups (broad SMARTS) is 3. The number of hydrogen-bond acceptors (Lipinski definition) is 7. The van der Waals surface area contributed by atoms with Crippen molar-refractivity contribution < 1.29 is 49.1 Å². The highest BCUT2D eigenvalue weighted by Gasteiger charge is 2.08. The van der Waals surface area contributed by atoms with Gasteiger partial charge in [-0.1, -0.05) is 0 Å². The fourth-order valence-electron chi connectivity index (χ4n) is 2.15. The van der Waals surface area contributed by atoms with Crippen LogP contribution in [0, 0.1) is 0 Å². The molecule has 2 aromatic carbocycles. The van der Waals surface area contributed by atoms with Crippen molar-refractivity contribution in [3.05, 3.63) is 59.7 Å². The van der Waals surface area contributed by atoms with Crippen molar-refractivity contribution in [2.75, 3.05) is 7.11 Å². The highest BCUT2D eigenvalue weighted by molar-refractivity contribution is 5.98. The van der Waals surface area contributed by atoms with Gasteiger partial charge in [-0.2, -0.15) is 0 Å². The summed E-state index contributed by atoms with van der Waals surface area (Å²) in [6, 6.07) is 12.3. The first kappa shape index (κ1) is 28.8. The lowest BCUT2D eigenvalue weighted by Gasteiger charge is -2.01. The molecule has 4 N–H and O–H groups in total. The fourth-order valence-corrected chi connectivity index (χ4v) is 2.15. The highest BCUT2D eigenvalue weighted by Crippen LogP contribution is 2.13. The zero-order valence-corrected chi connectivity index (χ0v) is 18.2. The van der Waals surface area contributed by atoms with Crippen molar-refractivity contribution in [2.45, 2.75) is 32.6 Å². The molecule has 0 heterocycles. The molecule has 0 aliphatic rings. The van der Waals surface area contributed by atoms with Crippen LogP contribution in [-0.4, -0.2) is 57.0 Å². The van der Waals surface area contributed by atoms with E-state index in [0.29, 0.717) is 16.9 Å². The summed E-state index contributed by atoms with van der Waals surface area (Å²) in [5, 5.41) is 33.1. The predicted octanol–water partition coefficient (Wildman–Crippen LogP) is 3.27. The molecule has 2 rings (SSSR count). The van der Waals surface area contributed by atoms with E-state index in [0.717, 1.165) is 6.92 Å². The van der Waals surface area contributed by atoms with Gasteiger partial charge in [0.05, 0.1) is 20.0 Å². The van der Waals surface area contributed by atoms with Crippen molar-refractivity contribution in [3.63, 3.8) is 0 Å². The Balaban J connectivity index is 0.000000536. The topological polar surface area (TPSA) is 175 Å². The summed E-state index contributed by atoms with van der Waals surface area (Å²) in [5.74, 6) is -2.42. The lowest BCUT2D eigenvalue weighted by atomic mass is 10.1. The molecule has 0 aromatic heterocycles. The molecule has 178 valence electrons. The maximum atomic E-state index is 11.4. The van der Waals surface area contributed by atoms with Crippen LogP contribution < -0.4 is 4.74 Å². The monoisotopic (exact) mass is 462 g/mol. The summed E-state index contributed by atoms with van der Waals surface area (Å²) in [5.41, 5.74) is 0.932. The number of phenolic OH excluding ortho intramolecular Hbond substituents is 1. The molecule has 0 radical (unpaired) electrons. The first-order valence-electron chi connectivity index (χ1n) is 9.58. The lowest BCUT2D eigenvalue weighted by molar-refractivity contribution is -0.137. The van der Waals surface area contributed by atoms with Gasteiger partial charge >= 0.3 is 11.9 Å². The SMILES string of the molecule is CC(=O)O.COc1ccc(C(=O)CCC(=O)O)cc1.O=C(O)CCC(=O)c1ccc(O)cc1. The Morgan fingerprint density at radius 1 is 0.667 bits per heavy atom. The van der Waals surface area contributed by atoms with E-state index in [1.807, 2.05) is 0 Å². The highest BCUT2D eigenvalue weighted by atomic mass is 16.5. The van der Waals surface area contributed by atoms with Crippen LogP contribution in [-0.2, 0) is 14.4 Å². The minimum Gasteiger partial charge on any atom is -0.508 e. The number of carbonyl (C=O) groups excluding carboxylic acids is 2. The van der Waals surface area contributed by atoms with E-state index in [2.05, 4.69) is 0 Å². The third-order valence-corrected chi connectivity index (χ3v) is 3.73. The van der Waals surface area contributed by atoms with Crippen LogP contribution in [0.15, 0.2) is 48.5 Å². The number of aliphatic carboxylic acids is 3. The van der Waals surface area contributed by atoms with Crippen molar-refractivity contribution in [1.82, 2.24) is 0 Å². The van der Waals surface area contributed by atoms with Crippen LogP contribution in [0.2, 0.25) is 0 Å². The summed E-state index contributed by atoms with van der Waals surface area (Å²) in [7, 11) is 1.54. The van der Waals surface area contributed by atoms with E-state index in [4.69, 9.17) is 30.0 Å². The maximum absolute atomic E-state index is 11.4. The van der Waals surface area contributed by atoms with Crippen LogP contribution in [0.1, 0.15) is 53.3 Å². The predicted molar refractivity (Wildman–Crippen MR) is 117 cm³/mol. The molecule has 0 atom stereocenters. The van der Waals surface area contributed by atoms with Gasteiger partial charge in [0.15, 0.2) is 11.6 Å². The van der Waals surface area contributed by atoms with Gasteiger partial charge in [0, 0.05) is 30.9 Å². The van der Waals surface area contributed by atoms with Gasteiger partial charge in [0.2, 0.25) is 0 Å². The summed E-state index contributed by atoms with van der Waals surface area (Å²) in [6.07, 6.45) is -0.285. The third-order valence-electron chi connectivity index (χ3n) is 3.73. The zero-order chi connectivity index (χ0) is 25.4. The number of hydrogen-bond donors (Lipinski definition) is 4. The quantitative estimate of drug-likeness (QED) is 0.405. The van der Waals surface area contributed by atoms with E-state index in [1.54, 1.807) is 31.4 Å². The Bertz CT molecular complexity index is 927. The normalized spacial score (nSPS) is 9.27. The molecule has 0 saturated carbocycles. The van der Waals surface area contributed by atoms with Gasteiger partial charge < -0.3 is 25.2 Å². The van der Waals surface area contributed by atoms with Gasteiger partial charge in [-0.25, -0.2) is 0 Å². The van der Waals surface area contributed by atoms with Crippen LogP contribution in [0.3, 0.4) is 0 Å². The first-order valence-corrected chi connectivity index (χ1v) is 9.58. The minimum atomic E-state index is -0.989. The number of rotatable bonds is 9. The lowest BCUT2D eigenvalue weighted by Crippen LogP contribution is -2.03. The van der Waals surface area contributed by atoms with Crippen LogP contribution in [0.4, 0.5) is 0 Å². The summed E-state index contributed by atoms with van der Waals surface area (Å²) in [6.45, 7) is 1.08. The number of methoxy groups -OCH3 is 1. The molecular formula is C23H26O10. The standard InChI is InChI=1S/C11H12O4.C10H10O4.C2H4O2/c1-15-9-4-2-8(3-5-9)10(12)6-7-11(13)14;11-8-3-1-7(2-4-8)9(12)5-6-10(13)14;1-2(3)4/h2-5H,6-7H2,1H3,(H,13,14);1-4,11H,5-6H2,(H,13,14);1H3,(H,3,4). The first-order chi connectivity index (χ1) is 15.5. The van der Waals surface area contributed by atoms with Crippen molar-refractivity contribution in [3.8, 4) is 11.5 Å². The van der Waals surface area contributed by atoms with Crippen LogP contribution in [0.5, 0.6) is 11.5 Å². The Hall–Kier alpha value is -4.21. The molecule has 10 nitrogen and oxygen atoms in total. The molecule has 0 spiro atoms. The Kier molecular flexibility index (Phi) is 13.6. The van der Waals surface area contributed by atoms with Gasteiger partial charge in [-0.3, -0.25) is 24.0 Å². The Morgan fingerprint density at radius 3 is 1.30 bits per heavy atom. The molecule has 0 fully saturated rings. The third kappa shape index (κ3) is 14.4. The number of carboxylic acids is 3. The second-order valence-electron chi connectivity index (χ2n) is 6.43. The molecule has 0 bridgehead atoms. The smallest absolute Gasteiger partial charge is 0.303 e. The van der Waals surface area contributed by atoms with E-state index in [1.165, 1.54) is 24.3 Å². The van der Waals surface area contributed by atoms with E-state index < -0.39 is 17.9 Å². The maximum Gasteiger partial charge on any atom is 0.303 e. The van der Waals surface area contributed by atoms with Crippen molar-refractivity contribution >= 4 is 29.5 Å². The molecule has 0 saturated heterocycles. The Labute approximate surface area is 190 Å². The number of Topliss-reactive ketones (excluding diaryl/α,β-unsaturated/α-hetero) is 2. The number of phenols is 1. The molecule has 0 aliphatic carbocycles. The summed E-state index contributed by atoms with van der Waals surface area (Å²) in [4.78, 5) is 52.2. The number of ether oxygens (including phenoxy) is 1. The largest absolute Gasteiger partial charge is 0.508 e. The molecule has 33 heavy (non-hydrogen) atoms. The van der Waals surface area contributed by atoms with Crippen molar-refractivity contribution in [1.29, 1.82) is 0 Å². The van der Waals surface area contributed by atoms with Gasteiger partial charge in [0.1, 0.15) is 11.5 Å². The van der Waals surface area contributed by atoms with Crippen LogP contribution >= 0.6 is 0 Å². The number of benzene rings is 2. The summed E-state index contributed by atoms with van der Waals surface area (Å²) >= 11 is 0. The summed E-state index contributed by atoms with van der Waals surface area (Å²) < 4.78 is 4.94. The average Bonchev–Trinajstić information content (AvgIpc) is 2.76. The number of carbonyl (C=O) groups is 5. The second kappa shape index (κ2) is 15.6. The molecule has 0 amide bonds. The van der Waals surface area contributed by atoms with Gasteiger partial charge in [-0.05, 0) is 48.5 Å². The van der Waals surface area contributed by atoms with E-state index >= 15 is 0 Å². The molecule has 0 aliphatic heterocycles. The number of ketones is 2. The van der Waals surface area contributed by atoms with E-state index in [-0.39, 0.29) is 43.0 Å². The molecule has 0 unspecified atom stereocenters. The Morgan fingerprint density at radius 2 is 1.00 bits per heavy atom. The van der Waals surface area contributed by atoms with Gasteiger partial charge in [0.25, 0.3) is 5.97 Å². The molecular weight excluding hydrogens is 436 g/mol. The molecule has 10 heteroatoms.